The van der Waals surface area contributed by atoms with Crippen molar-refractivity contribution in [2.45, 2.75) is 20.0 Å². The Bertz CT molecular complexity index is 1330. The Morgan fingerprint density at radius 2 is 1.80 bits per heavy atom. The number of anilines is 1. The first-order valence-electron chi connectivity index (χ1n) is 13.3. The molecular formula is C29H33BrN4O6. The van der Waals surface area contributed by atoms with Crippen molar-refractivity contribution in [1.29, 1.82) is 0 Å². The number of furan rings is 1. The van der Waals surface area contributed by atoms with Crippen LogP contribution in [-0.2, 0) is 22.6 Å². The van der Waals surface area contributed by atoms with Gasteiger partial charge in [0.15, 0.2) is 11.5 Å². The smallest absolute Gasteiger partial charge is 0.322 e. The molecule has 3 heterocycles. The molecule has 0 aliphatic carbocycles. The van der Waals surface area contributed by atoms with Crippen molar-refractivity contribution in [2.24, 2.45) is 0 Å². The summed E-state index contributed by atoms with van der Waals surface area (Å²) >= 11 is 3.44. The van der Waals surface area contributed by atoms with Gasteiger partial charge in [0, 0.05) is 42.9 Å². The first-order chi connectivity index (χ1) is 19.4. The van der Waals surface area contributed by atoms with Gasteiger partial charge in [0.05, 0.1) is 19.8 Å². The fourth-order valence-corrected chi connectivity index (χ4v) is 5.02. The second-order valence-corrected chi connectivity index (χ2v) is 10.7. The van der Waals surface area contributed by atoms with Crippen LogP contribution in [0.25, 0.3) is 0 Å². The lowest BCUT2D eigenvalue weighted by atomic mass is 10.2. The minimum atomic E-state index is -0.336. The van der Waals surface area contributed by atoms with Crippen LogP contribution in [0, 0.1) is 6.92 Å². The summed E-state index contributed by atoms with van der Waals surface area (Å²) < 4.78 is 23.1. The highest BCUT2D eigenvalue weighted by Crippen LogP contribution is 2.33. The molecular weight excluding hydrogens is 580 g/mol. The van der Waals surface area contributed by atoms with Crippen LogP contribution in [0.15, 0.2) is 63.5 Å². The standard InChI is InChI=1S/C29H33BrN4O6/c1-21-5-7-25(40-21)18-34(17-22-6-8-26-27(15-22)39-20-38-26)28(35)19-33(10-9-32-11-13-37-14-12-32)29(36)31-24-4-2-3-23(30)16-24/h2-8,15-16H,9-14,17-20H2,1H3,(H,31,36). The lowest BCUT2D eigenvalue weighted by Gasteiger charge is -2.31. The molecule has 2 aliphatic rings. The third-order valence-electron chi connectivity index (χ3n) is 6.78. The second kappa shape index (κ2) is 13.2. The number of urea groups is 1. The summed E-state index contributed by atoms with van der Waals surface area (Å²) in [6.45, 7) is 6.49. The van der Waals surface area contributed by atoms with E-state index in [1.165, 1.54) is 0 Å². The van der Waals surface area contributed by atoms with E-state index in [4.69, 9.17) is 18.6 Å². The van der Waals surface area contributed by atoms with Crippen LogP contribution >= 0.6 is 15.9 Å². The summed E-state index contributed by atoms with van der Waals surface area (Å²) in [6, 6.07) is 16.4. The minimum absolute atomic E-state index is 0.0889. The first-order valence-corrected chi connectivity index (χ1v) is 14.1. The normalized spacial score (nSPS) is 14.7. The number of halogens is 1. The number of fused-ring (bicyclic) bond motifs is 1. The third kappa shape index (κ3) is 7.56. The van der Waals surface area contributed by atoms with Crippen LogP contribution in [0.4, 0.5) is 10.5 Å². The Kier molecular flexibility index (Phi) is 9.25. The number of hydrogen-bond donors (Lipinski definition) is 1. The van der Waals surface area contributed by atoms with Gasteiger partial charge in [-0.3, -0.25) is 9.69 Å². The number of aryl methyl sites for hydroxylation is 1. The zero-order valence-electron chi connectivity index (χ0n) is 22.4. The number of morpholine rings is 1. The van der Waals surface area contributed by atoms with Crippen LogP contribution in [0.3, 0.4) is 0 Å². The van der Waals surface area contributed by atoms with Gasteiger partial charge in [0.2, 0.25) is 12.7 Å². The molecule has 10 nitrogen and oxygen atoms in total. The molecule has 1 N–H and O–H groups in total. The van der Waals surface area contributed by atoms with E-state index in [-0.39, 0.29) is 31.8 Å². The van der Waals surface area contributed by atoms with Crippen molar-refractivity contribution < 1.29 is 28.2 Å². The van der Waals surface area contributed by atoms with E-state index >= 15 is 0 Å². The molecule has 1 fully saturated rings. The van der Waals surface area contributed by atoms with E-state index in [1.807, 2.05) is 61.5 Å². The van der Waals surface area contributed by atoms with E-state index in [1.54, 1.807) is 9.80 Å². The van der Waals surface area contributed by atoms with Crippen molar-refractivity contribution >= 4 is 33.6 Å². The van der Waals surface area contributed by atoms with E-state index < -0.39 is 0 Å². The summed E-state index contributed by atoms with van der Waals surface area (Å²) in [6.07, 6.45) is 0. The number of carbonyl (C=O) groups is 2. The summed E-state index contributed by atoms with van der Waals surface area (Å²) in [5.41, 5.74) is 1.53. The first kappa shape index (κ1) is 28.0. The number of rotatable bonds is 10. The topological polar surface area (TPSA) is 96.7 Å². The monoisotopic (exact) mass is 612 g/mol. The summed E-state index contributed by atoms with van der Waals surface area (Å²) in [5.74, 6) is 2.58. The van der Waals surface area contributed by atoms with Gasteiger partial charge in [-0.15, -0.1) is 0 Å². The van der Waals surface area contributed by atoms with Gasteiger partial charge >= 0.3 is 6.03 Å². The molecule has 1 saturated heterocycles. The molecule has 40 heavy (non-hydrogen) atoms. The number of amides is 3. The molecule has 0 saturated carbocycles. The molecule has 0 atom stereocenters. The van der Waals surface area contributed by atoms with E-state index in [0.29, 0.717) is 55.8 Å². The Morgan fingerprint density at radius 3 is 2.58 bits per heavy atom. The van der Waals surface area contributed by atoms with Crippen molar-refractivity contribution in [1.82, 2.24) is 14.7 Å². The van der Waals surface area contributed by atoms with Gasteiger partial charge in [-0.2, -0.15) is 0 Å². The molecule has 0 bridgehead atoms. The third-order valence-corrected chi connectivity index (χ3v) is 7.28. The van der Waals surface area contributed by atoms with Gasteiger partial charge in [0.25, 0.3) is 0 Å². The SMILES string of the molecule is Cc1ccc(CN(Cc2ccc3c(c2)OCO3)C(=O)CN(CCN2CCOCC2)C(=O)Nc2cccc(Br)c2)o1. The molecule has 0 spiro atoms. The molecule has 2 aliphatic heterocycles. The maximum absolute atomic E-state index is 13.8. The highest BCUT2D eigenvalue weighted by Gasteiger charge is 2.25. The molecule has 5 rings (SSSR count). The maximum atomic E-state index is 13.8. The van der Waals surface area contributed by atoms with Crippen LogP contribution < -0.4 is 14.8 Å². The summed E-state index contributed by atoms with van der Waals surface area (Å²) in [7, 11) is 0. The Labute approximate surface area is 241 Å². The van der Waals surface area contributed by atoms with Crippen LogP contribution in [0.1, 0.15) is 17.1 Å². The Balaban J connectivity index is 1.33. The minimum Gasteiger partial charge on any atom is -0.464 e. The lowest BCUT2D eigenvalue weighted by Crippen LogP contribution is -2.48. The number of carbonyl (C=O) groups excluding carboxylic acids is 2. The molecule has 2 aromatic carbocycles. The highest BCUT2D eigenvalue weighted by molar-refractivity contribution is 9.10. The molecule has 3 aromatic rings. The van der Waals surface area contributed by atoms with Crippen molar-refractivity contribution in [3.63, 3.8) is 0 Å². The number of nitrogens with zero attached hydrogens (tertiary/aromatic N) is 3. The zero-order valence-corrected chi connectivity index (χ0v) is 24.0. The quantitative estimate of drug-likeness (QED) is 0.361. The predicted octanol–water partition coefficient (Wildman–Crippen LogP) is 4.47. The van der Waals surface area contributed by atoms with Gasteiger partial charge in [-0.25, -0.2) is 4.79 Å². The van der Waals surface area contributed by atoms with Crippen LogP contribution in [-0.4, -0.2) is 79.4 Å². The number of nitrogens with one attached hydrogen (secondary N) is 1. The maximum Gasteiger partial charge on any atom is 0.322 e. The largest absolute Gasteiger partial charge is 0.464 e. The average molecular weight is 614 g/mol. The fourth-order valence-electron chi connectivity index (χ4n) is 4.62. The molecule has 1 aromatic heterocycles. The van der Waals surface area contributed by atoms with Gasteiger partial charge in [0.1, 0.15) is 18.1 Å². The van der Waals surface area contributed by atoms with Crippen LogP contribution in [0.2, 0.25) is 0 Å². The van der Waals surface area contributed by atoms with E-state index in [0.717, 1.165) is 28.9 Å². The molecule has 0 unspecified atom stereocenters. The van der Waals surface area contributed by atoms with E-state index in [9.17, 15) is 9.59 Å². The van der Waals surface area contributed by atoms with Crippen molar-refractivity contribution in [3.8, 4) is 11.5 Å². The van der Waals surface area contributed by atoms with Gasteiger partial charge in [-0.05, 0) is 55.0 Å². The summed E-state index contributed by atoms with van der Waals surface area (Å²) in [5, 5.41) is 2.94. The fraction of sp³-hybridized carbons (Fsp3) is 0.379. The van der Waals surface area contributed by atoms with E-state index in [2.05, 4.69) is 26.1 Å². The van der Waals surface area contributed by atoms with Gasteiger partial charge < -0.3 is 33.7 Å². The second-order valence-electron chi connectivity index (χ2n) is 9.77. The number of hydrogen-bond acceptors (Lipinski definition) is 7. The Hall–Kier alpha value is -3.54. The zero-order chi connectivity index (χ0) is 27.9. The molecule has 11 heteroatoms. The Morgan fingerprint density at radius 1 is 0.975 bits per heavy atom. The summed E-state index contributed by atoms with van der Waals surface area (Å²) in [4.78, 5) is 32.8. The van der Waals surface area contributed by atoms with Crippen molar-refractivity contribution in [2.75, 3.05) is 58.0 Å². The molecule has 0 radical (unpaired) electrons. The van der Waals surface area contributed by atoms with Gasteiger partial charge in [-0.1, -0.05) is 28.1 Å². The molecule has 212 valence electrons. The number of ether oxygens (including phenoxy) is 3. The lowest BCUT2D eigenvalue weighted by molar-refractivity contribution is -0.133. The predicted molar refractivity (Wildman–Crippen MR) is 152 cm³/mol. The molecule has 3 amide bonds. The number of benzene rings is 2. The van der Waals surface area contributed by atoms with Crippen LogP contribution in [0.5, 0.6) is 11.5 Å². The average Bonchev–Trinajstić information content (AvgIpc) is 3.59. The van der Waals surface area contributed by atoms with Crippen molar-refractivity contribution in [3.05, 3.63) is 76.2 Å². The highest BCUT2D eigenvalue weighted by atomic mass is 79.9.